The Balaban J connectivity index is 0. The molecule has 0 spiro atoms. The molecule has 0 saturated carbocycles. The van der Waals surface area contributed by atoms with Crippen LogP contribution < -0.4 is 29.6 Å². The molecule has 0 bridgehead atoms. The third-order valence-electron chi connectivity index (χ3n) is 7.13. The van der Waals surface area contributed by atoms with Gasteiger partial charge in [0.2, 0.25) is 10.4 Å². The molecule has 4 nitrogen and oxygen atoms in total. The molecule has 206 valence electrons. The van der Waals surface area contributed by atoms with Gasteiger partial charge in [-0.3, -0.25) is 4.18 Å². The van der Waals surface area contributed by atoms with Crippen LogP contribution in [0.25, 0.3) is 0 Å². The van der Waals surface area contributed by atoms with Gasteiger partial charge in [0.15, 0.2) is 0 Å². The van der Waals surface area contributed by atoms with E-state index in [0.717, 1.165) is 25.7 Å². The molecule has 0 heterocycles. The fraction of sp³-hybridized carbons (Fsp3) is 1.00. The smallest absolute Gasteiger partial charge is 0.726 e. The van der Waals surface area contributed by atoms with E-state index < -0.39 is 10.4 Å². The van der Waals surface area contributed by atoms with Crippen LogP contribution >= 0.6 is 0 Å². The molecule has 35 heavy (non-hydrogen) atoms. The molecule has 1 unspecified atom stereocenters. The zero-order valence-electron chi connectivity index (χ0n) is 24.0. The van der Waals surface area contributed by atoms with E-state index in [-0.39, 0.29) is 42.1 Å². The topological polar surface area (TPSA) is 66.4 Å². The summed E-state index contributed by atoms with van der Waals surface area (Å²) in [6, 6.07) is 0. The summed E-state index contributed by atoms with van der Waals surface area (Å²) in [6.45, 7) is 4.58. The van der Waals surface area contributed by atoms with Gasteiger partial charge in [-0.15, -0.1) is 0 Å². The monoisotopic (exact) mass is 526 g/mol. The SMILES string of the molecule is CCCCCCCCCCCCCCCCCC(CCCCCCCCCC)COS(=O)(=O)[O-].[Na+]. The molecule has 6 heteroatoms. The fourth-order valence-corrected chi connectivity index (χ4v) is 5.22. The zero-order valence-corrected chi connectivity index (χ0v) is 26.8. The molecule has 0 N–H and O–H groups in total. The molecule has 1 atom stereocenters. The van der Waals surface area contributed by atoms with Crippen LogP contribution in [0.1, 0.15) is 174 Å². The van der Waals surface area contributed by atoms with Crippen molar-refractivity contribution in [2.45, 2.75) is 174 Å². The molecule has 0 saturated heterocycles. The van der Waals surface area contributed by atoms with E-state index in [9.17, 15) is 13.0 Å². The summed E-state index contributed by atoms with van der Waals surface area (Å²) < 4.78 is 37.2. The van der Waals surface area contributed by atoms with Gasteiger partial charge in [-0.2, -0.15) is 0 Å². The average molecular weight is 527 g/mol. The molecule has 0 fully saturated rings. The van der Waals surface area contributed by atoms with Crippen LogP contribution in [0.4, 0.5) is 0 Å². The second-order valence-electron chi connectivity index (χ2n) is 10.6. The number of unbranched alkanes of at least 4 members (excludes halogenated alkanes) is 21. The maximum absolute atomic E-state index is 10.9. The minimum atomic E-state index is -4.58. The van der Waals surface area contributed by atoms with E-state index in [1.807, 2.05) is 0 Å². The summed E-state index contributed by atoms with van der Waals surface area (Å²) in [5, 5.41) is 0. The molecule has 0 amide bonds. The first-order valence-electron chi connectivity index (χ1n) is 15.1. The van der Waals surface area contributed by atoms with Gasteiger partial charge in [-0.1, -0.05) is 162 Å². The molecule has 0 rings (SSSR count). The maximum Gasteiger partial charge on any atom is 1.00 e. The number of rotatable bonds is 28. The number of hydrogen-bond donors (Lipinski definition) is 0. The van der Waals surface area contributed by atoms with Crippen molar-refractivity contribution in [2.75, 3.05) is 6.61 Å². The van der Waals surface area contributed by atoms with Gasteiger partial charge in [0.25, 0.3) is 0 Å². The molecule has 0 aromatic heterocycles. The Morgan fingerprint density at radius 1 is 0.514 bits per heavy atom. The summed E-state index contributed by atoms with van der Waals surface area (Å²) in [4.78, 5) is 0. The molecule has 0 aliphatic rings. The fourth-order valence-electron chi connectivity index (χ4n) is 4.86. The van der Waals surface area contributed by atoms with Crippen molar-refractivity contribution in [2.24, 2.45) is 5.92 Å². The standard InChI is InChI=1S/C29H60O4S.Na/c1-3-5-7-9-11-13-14-15-16-17-18-19-21-23-25-27-29(28-33-34(30,31)32)26-24-22-20-12-10-8-6-4-2;/h29H,3-28H2,1-2H3,(H,30,31,32);/q;+1/p-1. The third kappa shape index (κ3) is 32.8. The van der Waals surface area contributed by atoms with E-state index in [1.54, 1.807) is 0 Å². The van der Waals surface area contributed by atoms with Gasteiger partial charge in [-0.25, -0.2) is 8.42 Å². The first kappa shape index (κ1) is 38.0. The minimum absolute atomic E-state index is 0. The third-order valence-corrected chi connectivity index (χ3v) is 7.55. The first-order chi connectivity index (χ1) is 16.5. The van der Waals surface area contributed by atoms with E-state index in [0.29, 0.717) is 0 Å². The summed E-state index contributed by atoms with van der Waals surface area (Å²) in [5.41, 5.74) is 0. The Morgan fingerprint density at radius 2 is 0.771 bits per heavy atom. The van der Waals surface area contributed by atoms with E-state index in [4.69, 9.17) is 0 Å². The predicted molar refractivity (Wildman–Crippen MR) is 146 cm³/mol. The van der Waals surface area contributed by atoms with E-state index in [1.165, 1.54) is 135 Å². The molecule has 0 aromatic carbocycles. The Kier molecular flexibility index (Phi) is 32.0. The van der Waals surface area contributed by atoms with Gasteiger partial charge in [0.1, 0.15) is 0 Å². The van der Waals surface area contributed by atoms with Crippen LogP contribution in [0.5, 0.6) is 0 Å². The normalized spacial score (nSPS) is 12.5. The van der Waals surface area contributed by atoms with E-state index in [2.05, 4.69) is 18.0 Å². The Hall–Kier alpha value is 0.870. The first-order valence-corrected chi connectivity index (χ1v) is 16.4. The van der Waals surface area contributed by atoms with Crippen LogP contribution in [-0.4, -0.2) is 19.6 Å². The molecule has 0 radical (unpaired) electrons. The van der Waals surface area contributed by atoms with Crippen LogP contribution in [0.2, 0.25) is 0 Å². The molecule has 0 aliphatic carbocycles. The number of hydrogen-bond acceptors (Lipinski definition) is 4. The summed E-state index contributed by atoms with van der Waals surface area (Å²) in [7, 11) is -4.58. The van der Waals surface area contributed by atoms with Gasteiger partial charge < -0.3 is 4.55 Å². The zero-order chi connectivity index (χ0) is 25.2. The van der Waals surface area contributed by atoms with Gasteiger partial charge >= 0.3 is 29.6 Å². The summed E-state index contributed by atoms with van der Waals surface area (Å²) >= 11 is 0. The summed E-state index contributed by atoms with van der Waals surface area (Å²) in [6.07, 6.45) is 32.3. The predicted octanol–water partition coefficient (Wildman–Crippen LogP) is 6.88. The maximum atomic E-state index is 10.9. The Labute approximate surface area is 242 Å². The van der Waals surface area contributed by atoms with Crippen molar-refractivity contribution < 1.29 is 46.7 Å². The molecule has 0 aliphatic heterocycles. The van der Waals surface area contributed by atoms with Crippen LogP contribution in [0, 0.1) is 5.92 Å². The molecular weight excluding hydrogens is 467 g/mol. The summed E-state index contributed by atoms with van der Waals surface area (Å²) in [5.74, 6) is 0.200. The largest absolute Gasteiger partial charge is 1.00 e. The van der Waals surface area contributed by atoms with Crippen molar-refractivity contribution in [3.8, 4) is 0 Å². The van der Waals surface area contributed by atoms with Crippen LogP contribution in [-0.2, 0) is 14.6 Å². The second-order valence-corrected chi connectivity index (χ2v) is 11.6. The van der Waals surface area contributed by atoms with Crippen molar-refractivity contribution in [1.82, 2.24) is 0 Å². The second kappa shape index (κ2) is 29.4. The van der Waals surface area contributed by atoms with Gasteiger partial charge in [-0.05, 0) is 18.8 Å². The van der Waals surface area contributed by atoms with Crippen LogP contribution in [0.15, 0.2) is 0 Å². The van der Waals surface area contributed by atoms with Crippen molar-refractivity contribution in [1.29, 1.82) is 0 Å². The van der Waals surface area contributed by atoms with Crippen molar-refractivity contribution in [3.63, 3.8) is 0 Å². The van der Waals surface area contributed by atoms with Gasteiger partial charge in [0.05, 0.1) is 6.61 Å². The minimum Gasteiger partial charge on any atom is -0.726 e. The van der Waals surface area contributed by atoms with Crippen molar-refractivity contribution in [3.05, 3.63) is 0 Å². The Bertz CT molecular complexity index is 499. The van der Waals surface area contributed by atoms with Gasteiger partial charge in [0, 0.05) is 0 Å². The molecule has 0 aromatic rings. The average Bonchev–Trinajstić information content (AvgIpc) is 2.80. The Morgan fingerprint density at radius 3 is 1.03 bits per heavy atom. The van der Waals surface area contributed by atoms with Crippen LogP contribution in [0.3, 0.4) is 0 Å². The van der Waals surface area contributed by atoms with Crippen molar-refractivity contribution >= 4 is 10.4 Å². The molecular formula is C29H59NaO4S. The quantitative estimate of drug-likeness (QED) is 0.0482. The van der Waals surface area contributed by atoms with E-state index >= 15 is 0 Å².